The summed E-state index contributed by atoms with van der Waals surface area (Å²) in [7, 11) is 3.35. The molecule has 1 aromatic heterocycles. The Morgan fingerprint density at radius 1 is 1.10 bits per heavy atom. The highest BCUT2D eigenvalue weighted by Gasteiger charge is 2.18. The molecule has 5 rings (SSSR count). The van der Waals surface area contributed by atoms with E-state index >= 15 is 0 Å². The minimum atomic E-state index is -0.882. The Labute approximate surface area is 240 Å². The van der Waals surface area contributed by atoms with Crippen molar-refractivity contribution >= 4 is 17.1 Å². The van der Waals surface area contributed by atoms with Crippen LogP contribution >= 0.6 is 0 Å². The van der Waals surface area contributed by atoms with Crippen LogP contribution in [0.1, 0.15) is 17.5 Å². The van der Waals surface area contributed by atoms with Crippen molar-refractivity contribution in [2.45, 2.75) is 19.9 Å². The molecule has 9 nitrogen and oxygen atoms in total. The molecule has 3 aromatic carbocycles. The number of aromatic nitrogens is 1. The summed E-state index contributed by atoms with van der Waals surface area (Å²) in [5.74, 6) is 1.12. The highest BCUT2D eigenvalue weighted by molar-refractivity contribution is 5.82. The van der Waals surface area contributed by atoms with Crippen molar-refractivity contribution < 1.29 is 28.5 Å². The van der Waals surface area contributed by atoms with Crippen LogP contribution in [0.15, 0.2) is 59.0 Å². The highest BCUT2D eigenvalue weighted by Crippen LogP contribution is 2.35. The number of rotatable bonds is 12. The van der Waals surface area contributed by atoms with Gasteiger partial charge < -0.3 is 23.7 Å². The summed E-state index contributed by atoms with van der Waals surface area (Å²) in [6.07, 6.45) is 0.971. The fraction of sp³-hybridized carbons (Fsp3) is 0.375. The van der Waals surface area contributed by atoms with E-state index in [0.29, 0.717) is 35.9 Å². The third kappa shape index (κ3) is 7.05. The van der Waals surface area contributed by atoms with E-state index in [-0.39, 0.29) is 6.54 Å². The number of nitrogens with zero attached hydrogens (tertiary/aromatic N) is 3. The Morgan fingerprint density at radius 3 is 2.66 bits per heavy atom. The molecule has 0 bridgehead atoms. The van der Waals surface area contributed by atoms with Crippen LogP contribution in [0.4, 0.5) is 0 Å². The van der Waals surface area contributed by atoms with Gasteiger partial charge in [-0.25, -0.2) is 4.98 Å². The van der Waals surface area contributed by atoms with Gasteiger partial charge in [0.15, 0.2) is 5.58 Å². The molecule has 1 aliphatic heterocycles. The Hall–Kier alpha value is -3.92. The van der Waals surface area contributed by atoms with E-state index in [4.69, 9.17) is 28.7 Å². The predicted octanol–water partition coefficient (Wildman–Crippen LogP) is 5.10. The van der Waals surface area contributed by atoms with E-state index in [9.17, 15) is 4.79 Å². The van der Waals surface area contributed by atoms with E-state index in [2.05, 4.69) is 30.0 Å². The molecule has 1 aliphatic rings. The number of hydrogen-bond acceptors (Lipinski definition) is 8. The SMILES string of the molecule is COc1cc2oc(-c3cccc(-c4cccc(OCCCN5CCOCC5)c4)c3C)nc2cc1CN(C)CC(=O)O. The monoisotopic (exact) mass is 559 g/mol. The van der Waals surface area contributed by atoms with Gasteiger partial charge in [0.1, 0.15) is 17.0 Å². The summed E-state index contributed by atoms with van der Waals surface area (Å²) in [4.78, 5) is 20.0. The Balaban J connectivity index is 1.34. The van der Waals surface area contributed by atoms with Gasteiger partial charge in [0.05, 0.1) is 33.5 Å². The lowest BCUT2D eigenvalue weighted by Crippen LogP contribution is -2.37. The average molecular weight is 560 g/mol. The van der Waals surface area contributed by atoms with Crippen LogP contribution in [0.2, 0.25) is 0 Å². The van der Waals surface area contributed by atoms with Crippen LogP contribution in [0.3, 0.4) is 0 Å². The normalized spacial score (nSPS) is 14.0. The molecule has 0 atom stereocenters. The zero-order valence-corrected chi connectivity index (χ0v) is 23.9. The average Bonchev–Trinajstić information content (AvgIpc) is 3.38. The first kappa shape index (κ1) is 28.6. The number of carbonyl (C=O) groups is 1. The second kappa shape index (κ2) is 13.2. The van der Waals surface area contributed by atoms with Gasteiger partial charge in [-0.05, 0) is 61.3 Å². The fourth-order valence-electron chi connectivity index (χ4n) is 5.24. The standard InChI is InChI=1S/C32H37N3O6/c1-22-26(23-7-4-8-25(17-23)40-14-6-11-35-12-15-39-16-13-35)9-5-10-27(22)32-33-28-18-24(20-34(2)21-31(36)37)29(38-3)19-30(28)41-32/h4-5,7-10,17-19H,6,11-16,20-21H2,1-3H3,(H,36,37). The fourth-order valence-corrected chi connectivity index (χ4v) is 5.24. The van der Waals surface area contributed by atoms with Crippen LogP contribution < -0.4 is 9.47 Å². The lowest BCUT2D eigenvalue weighted by molar-refractivity contribution is -0.138. The summed E-state index contributed by atoms with van der Waals surface area (Å²) >= 11 is 0. The van der Waals surface area contributed by atoms with Crippen molar-refractivity contribution in [1.29, 1.82) is 0 Å². The number of aliphatic carboxylic acids is 1. The van der Waals surface area contributed by atoms with Gasteiger partial charge in [-0.3, -0.25) is 14.6 Å². The third-order valence-electron chi connectivity index (χ3n) is 7.34. The van der Waals surface area contributed by atoms with E-state index in [1.807, 2.05) is 36.4 Å². The molecule has 0 spiro atoms. The number of carboxylic acids is 1. The number of methoxy groups -OCH3 is 1. The van der Waals surface area contributed by atoms with Crippen molar-refractivity contribution in [1.82, 2.24) is 14.8 Å². The smallest absolute Gasteiger partial charge is 0.317 e. The lowest BCUT2D eigenvalue weighted by Gasteiger charge is -2.26. The summed E-state index contributed by atoms with van der Waals surface area (Å²) in [6, 6.07) is 18.0. The van der Waals surface area contributed by atoms with E-state index in [1.54, 1.807) is 19.1 Å². The molecular formula is C32H37N3O6. The van der Waals surface area contributed by atoms with E-state index in [1.165, 1.54) is 0 Å². The first-order valence-electron chi connectivity index (χ1n) is 13.9. The van der Waals surface area contributed by atoms with Gasteiger partial charge in [-0.2, -0.15) is 0 Å². The Bertz CT molecular complexity index is 1490. The number of benzene rings is 3. The van der Waals surface area contributed by atoms with Crippen molar-refractivity contribution in [2.24, 2.45) is 0 Å². The molecule has 9 heteroatoms. The molecule has 2 heterocycles. The van der Waals surface area contributed by atoms with Gasteiger partial charge in [0.2, 0.25) is 5.89 Å². The van der Waals surface area contributed by atoms with Gasteiger partial charge in [-0.15, -0.1) is 0 Å². The molecule has 0 amide bonds. The molecule has 0 unspecified atom stereocenters. The maximum Gasteiger partial charge on any atom is 0.317 e. The zero-order chi connectivity index (χ0) is 28.8. The Kier molecular flexibility index (Phi) is 9.18. The maximum absolute atomic E-state index is 11.1. The molecular weight excluding hydrogens is 522 g/mol. The van der Waals surface area contributed by atoms with E-state index < -0.39 is 5.97 Å². The van der Waals surface area contributed by atoms with Crippen molar-refractivity contribution in [3.63, 3.8) is 0 Å². The second-order valence-corrected chi connectivity index (χ2v) is 10.4. The van der Waals surface area contributed by atoms with Crippen molar-refractivity contribution in [3.05, 3.63) is 65.7 Å². The molecule has 1 saturated heterocycles. The number of likely N-dealkylation sites (N-methyl/N-ethyl adjacent to an activating group) is 1. The van der Waals surface area contributed by atoms with Crippen LogP contribution in [-0.4, -0.2) is 86.0 Å². The number of ether oxygens (including phenoxy) is 3. The number of carboxylic acid groups (broad SMARTS) is 1. The van der Waals surface area contributed by atoms with Gasteiger partial charge in [0, 0.05) is 43.4 Å². The van der Waals surface area contributed by atoms with Crippen LogP contribution in [0, 0.1) is 6.92 Å². The second-order valence-electron chi connectivity index (χ2n) is 10.4. The molecule has 1 N–H and O–H groups in total. The molecule has 216 valence electrons. The minimum Gasteiger partial charge on any atom is -0.496 e. The molecule has 0 aliphatic carbocycles. The van der Waals surface area contributed by atoms with Crippen LogP contribution in [-0.2, 0) is 16.1 Å². The third-order valence-corrected chi connectivity index (χ3v) is 7.34. The topological polar surface area (TPSA) is 97.5 Å². The van der Waals surface area contributed by atoms with Crippen LogP contribution in [0.25, 0.3) is 33.7 Å². The van der Waals surface area contributed by atoms with Crippen molar-refractivity contribution in [2.75, 3.05) is 60.2 Å². The van der Waals surface area contributed by atoms with Crippen LogP contribution in [0.5, 0.6) is 11.5 Å². The minimum absolute atomic E-state index is 0.0715. The number of oxazole rings is 1. The van der Waals surface area contributed by atoms with Gasteiger partial charge in [0.25, 0.3) is 0 Å². The van der Waals surface area contributed by atoms with E-state index in [0.717, 1.165) is 72.8 Å². The largest absolute Gasteiger partial charge is 0.496 e. The summed E-state index contributed by atoms with van der Waals surface area (Å²) in [5.41, 5.74) is 6.25. The van der Waals surface area contributed by atoms with Crippen molar-refractivity contribution in [3.8, 4) is 34.1 Å². The lowest BCUT2D eigenvalue weighted by atomic mass is 9.96. The van der Waals surface area contributed by atoms with Gasteiger partial charge in [-0.1, -0.05) is 24.3 Å². The summed E-state index contributed by atoms with van der Waals surface area (Å²) < 4.78 is 23.3. The number of fused-ring (bicyclic) bond motifs is 1. The summed E-state index contributed by atoms with van der Waals surface area (Å²) in [5, 5.41) is 9.12. The quantitative estimate of drug-likeness (QED) is 0.238. The molecule has 41 heavy (non-hydrogen) atoms. The molecule has 0 radical (unpaired) electrons. The molecule has 0 saturated carbocycles. The first-order chi connectivity index (χ1) is 19.9. The predicted molar refractivity (Wildman–Crippen MR) is 158 cm³/mol. The number of morpholine rings is 1. The zero-order valence-electron chi connectivity index (χ0n) is 23.9. The maximum atomic E-state index is 11.1. The summed E-state index contributed by atoms with van der Waals surface area (Å²) in [6.45, 7) is 7.70. The molecule has 1 fully saturated rings. The first-order valence-corrected chi connectivity index (χ1v) is 13.9. The van der Waals surface area contributed by atoms with Gasteiger partial charge >= 0.3 is 5.97 Å². The number of hydrogen-bond donors (Lipinski definition) is 1. The Morgan fingerprint density at radius 2 is 1.88 bits per heavy atom. The highest BCUT2D eigenvalue weighted by atomic mass is 16.5. The molecule has 4 aromatic rings.